The number of ether oxygens (including phenoxy) is 1. The third-order valence-corrected chi connectivity index (χ3v) is 8.98. The minimum Gasteiger partial charge on any atom is -0.379 e. The topological polar surface area (TPSA) is 48.9 Å². The number of morpholine rings is 1. The van der Waals surface area contributed by atoms with E-state index < -0.39 is 0 Å². The van der Waals surface area contributed by atoms with Gasteiger partial charge in [0.25, 0.3) is 0 Å². The molecule has 0 aliphatic carbocycles. The van der Waals surface area contributed by atoms with E-state index in [-0.39, 0.29) is 11.6 Å². The molecule has 3 heterocycles. The number of pyridine rings is 1. The zero-order chi connectivity index (χ0) is 32.3. The van der Waals surface area contributed by atoms with Crippen molar-refractivity contribution in [1.82, 2.24) is 14.8 Å². The van der Waals surface area contributed by atoms with Gasteiger partial charge in [0.2, 0.25) is 0 Å². The molecule has 45 heavy (non-hydrogen) atoms. The summed E-state index contributed by atoms with van der Waals surface area (Å²) in [5, 5.41) is 0.453. The number of rotatable bonds is 10. The smallest absolute Gasteiger partial charge is 0.159 e. The van der Waals surface area contributed by atoms with Crippen LogP contribution in [0.4, 0.5) is 10.1 Å². The summed E-state index contributed by atoms with van der Waals surface area (Å²) in [6, 6.07) is 17.1. The number of carbonyl (C=O) groups is 1. The monoisotopic (exact) mass is 634 g/mol. The van der Waals surface area contributed by atoms with Crippen molar-refractivity contribution in [2.24, 2.45) is 0 Å². The van der Waals surface area contributed by atoms with Gasteiger partial charge in [0.05, 0.1) is 13.2 Å². The molecular formula is C37H48ClFN4O2. The molecule has 2 fully saturated rings. The van der Waals surface area contributed by atoms with Gasteiger partial charge in [0.1, 0.15) is 5.82 Å². The van der Waals surface area contributed by atoms with Crippen molar-refractivity contribution in [2.45, 2.75) is 52.9 Å². The Morgan fingerprint density at radius 1 is 1.04 bits per heavy atom. The summed E-state index contributed by atoms with van der Waals surface area (Å²) in [4.78, 5) is 24.2. The molecule has 0 saturated carbocycles. The molecule has 2 saturated heterocycles. The van der Waals surface area contributed by atoms with Gasteiger partial charge in [-0.3, -0.25) is 19.6 Å². The molecule has 0 N–H and O–H groups in total. The van der Waals surface area contributed by atoms with E-state index in [9.17, 15) is 9.18 Å². The van der Waals surface area contributed by atoms with Crippen LogP contribution in [0.2, 0.25) is 5.02 Å². The van der Waals surface area contributed by atoms with Crippen LogP contribution in [0.5, 0.6) is 0 Å². The molecule has 2 aromatic carbocycles. The third-order valence-electron chi connectivity index (χ3n) is 8.75. The maximum absolute atomic E-state index is 12.8. The fourth-order valence-corrected chi connectivity index (χ4v) is 6.12. The maximum atomic E-state index is 12.8. The number of hydrogen-bond donors (Lipinski definition) is 0. The number of benzene rings is 2. The van der Waals surface area contributed by atoms with E-state index in [0.717, 1.165) is 94.5 Å². The van der Waals surface area contributed by atoms with E-state index in [1.807, 2.05) is 19.1 Å². The molecule has 6 nitrogen and oxygen atoms in total. The molecule has 8 heteroatoms. The number of Topliss-reactive ketones (excluding diaryl/α,β-unsaturated/α-hetero) is 1. The van der Waals surface area contributed by atoms with Crippen molar-refractivity contribution < 1.29 is 13.9 Å². The Hall–Kier alpha value is -3.10. The number of carbonyl (C=O) groups excluding carboxylic acids is 1. The predicted octanol–water partition coefficient (Wildman–Crippen LogP) is 7.47. The fraction of sp³-hybridized carbons (Fsp3) is 0.459. The quantitative estimate of drug-likeness (QED) is 0.216. The predicted molar refractivity (Wildman–Crippen MR) is 183 cm³/mol. The van der Waals surface area contributed by atoms with Crippen LogP contribution in [0.25, 0.3) is 0 Å². The second kappa shape index (κ2) is 17.0. The van der Waals surface area contributed by atoms with Crippen LogP contribution < -0.4 is 4.90 Å². The Morgan fingerprint density at radius 3 is 2.42 bits per heavy atom. The number of ketones is 1. The van der Waals surface area contributed by atoms with Crippen molar-refractivity contribution in [3.05, 3.63) is 106 Å². The molecule has 2 aliphatic heterocycles. The second-order valence-electron chi connectivity index (χ2n) is 12.1. The van der Waals surface area contributed by atoms with Crippen molar-refractivity contribution >= 4 is 23.1 Å². The standard InChI is InChI=1S/C29H40N4O2.C8H8ClF/c1-22-8-9-27(25(4)34)20-29(22)33(15-14-31-16-18-35-19-17-31)24(3)21-32-12-10-26(11-13-32)28-7-5-6-23(2)30-28;1-2-6-3-4-7(9)5-8(6)10/h5-9,20,26H,3,10-19,21H2,1-2,4H3;3-5H,2H2,1H3. The Kier molecular flexibility index (Phi) is 13.1. The number of aryl methyl sites for hydroxylation is 3. The lowest BCUT2D eigenvalue weighted by Crippen LogP contribution is -2.43. The zero-order valence-electron chi connectivity index (χ0n) is 27.3. The molecule has 242 valence electrons. The van der Waals surface area contributed by atoms with Gasteiger partial charge in [-0.05, 0) is 94.6 Å². The normalized spacial score (nSPS) is 16.1. The highest BCUT2D eigenvalue weighted by atomic mass is 35.5. The number of anilines is 1. The van der Waals surface area contributed by atoms with Crippen LogP contribution in [0, 0.1) is 19.7 Å². The van der Waals surface area contributed by atoms with Gasteiger partial charge >= 0.3 is 0 Å². The first-order valence-electron chi connectivity index (χ1n) is 16.1. The fourth-order valence-electron chi connectivity index (χ4n) is 5.96. The van der Waals surface area contributed by atoms with Gasteiger partial charge < -0.3 is 9.64 Å². The number of likely N-dealkylation sites (tertiary alicyclic amines) is 1. The number of aromatic nitrogens is 1. The van der Waals surface area contributed by atoms with Gasteiger partial charge in [-0.25, -0.2) is 4.39 Å². The first-order chi connectivity index (χ1) is 21.6. The van der Waals surface area contributed by atoms with Gasteiger partial charge in [0, 0.05) is 72.0 Å². The molecular weight excluding hydrogens is 587 g/mol. The van der Waals surface area contributed by atoms with Crippen LogP contribution in [0.1, 0.15) is 65.5 Å². The molecule has 1 aromatic heterocycles. The summed E-state index contributed by atoms with van der Waals surface area (Å²) in [6.45, 7) is 20.5. The largest absolute Gasteiger partial charge is 0.379 e. The summed E-state index contributed by atoms with van der Waals surface area (Å²) in [7, 11) is 0. The summed E-state index contributed by atoms with van der Waals surface area (Å²) >= 11 is 5.53. The van der Waals surface area contributed by atoms with Gasteiger partial charge in [0.15, 0.2) is 5.78 Å². The molecule has 0 spiro atoms. The molecule has 2 aliphatic rings. The first kappa shape index (κ1) is 34.8. The van der Waals surface area contributed by atoms with E-state index in [2.05, 4.69) is 59.4 Å². The first-order valence-corrected chi connectivity index (χ1v) is 16.5. The van der Waals surface area contributed by atoms with E-state index >= 15 is 0 Å². The van der Waals surface area contributed by atoms with E-state index in [1.54, 1.807) is 19.1 Å². The minimum absolute atomic E-state index is 0.0943. The average molecular weight is 635 g/mol. The average Bonchev–Trinajstić information content (AvgIpc) is 3.03. The van der Waals surface area contributed by atoms with Crippen LogP contribution in [0.3, 0.4) is 0 Å². The maximum Gasteiger partial charge on any atom is 0.159 e. The Labute approximate surface area is 273 Å². The van der Waals surface area contributed by atoms with Gasteiger partial charge in [-0.15, -0.1) is 0 Å². The lowest BCUT2D eigenvalue weighted by Gasteiger charge is -2.37. The third kappa shape index (κ3) is 10.2. The molecule has 0 amide bonds. The highest BCUT2D eigenvalue weighted by molar-refractivity contribution is 6.30. The summed E-state index contributed by atoms with van der Waals surface area (Å²) in [5.41, 5.74) is 7.14. The number of halogens is 2. The number of piperidine rings is 1. The lowest BCUT2D eigenvalue weighted by atomic mass is 9.93. The van der Waals surface area contributed by atoms with E-state index in [1.165, 1.54) is 17.3 Å². The molecule has 5 rings (SSSR count). The Morgan fingerprint density at radius 2 is 1.78 bits per heavy atom. The van der Waals surface area contributed by atoms with Crippen LogP contribution in [-0.2, 0) is 11.2 Å². The summed E-state index contributed by atoms with van der Waals surface area (Å²) in [5.74, 6) is 0.415. The van der Waals surface area contributed by atoms with E-state index in [4.69, 9.17) is 21.3 Å². The zero-order valence-corrected chi connectivity index (χ0v) is 28.1. The molecule has 0 bridgehead atoms. The van der Waals surface area contributed by atoms with Gasteiger partial charge in [-0.2, -0.15) is 0 Å². The van der Waals surface area contributed by atoms with Crippen LogP contribution >= 0.6 is 11.6 Å². The highest BCUT2D eigenvalue weighted by Crippen LogP contribution is 2.29. The van der Waals surface area contributed by atoms with Gasteiger partial charge in [-0.1, -0.05) is 49.4 Å². The van der Waals surface area contributed by atoms with Crippen molar-refractivity contribution in [3.8, 4) is 0 Å². The summed E-state index contributed by atoms with van der Waals surface area (Å²) in [6.07, 6.45) is 2.95. The van der Waals surface area contributed by atoms with Crippen molar-refractivity contribution in [1.29, 1.82) is 0 Å². The van der Waals surface area contributed by atoms with Crippen molar-refractivity contribution in [3.63, 3.8) is 0 Å². The summed E-state index contributed by atoms with van der Waals surface area (Å²) < 4.78 is 18.3. The molecule has 0 atom stereocenters. The molecule has 3 aromatic rings. The SMILES string of the molecule is C=C(CN1CCC(c2cccc(C)n2)CC1)N(CCN1CCOCC1)c1cc(C(C)=O)ccc1C.CCc1ccc(Cl)cc1F. The van der Waals surface area contributed by atoms with Crippen molar-refractivity contribution in [2.75, 3.05) is 63.9 Å². The second-order valence-corrected chi connectivity index (χ2v) is 12.5. The molecule has 0 radical (unpaired) electrons. The Bertz CT molecular complexity index is 1430. The van der Waals surface area contributed by atoms with Crippen LogP contribution in [-0.4, -0.2) is 79.6 Å². The van der Waals surface area contributed by atoms with E-state index in [0.29, 0.717) is 22.9 Å². The minimum atomic E-state index is -0.213. The number of nitrogens with zero attached hydrogens (tertiary/aromatic N) is 4. The van der Waals surface area contributed by atoms with Crippen LogP contribution in [0.15, 0.2) is 66.9 Å². The molecule has 0 unspecified atom stereocenters. The Balaban J connectivity index is 0.000000392. The number of hydrogen-bond acceptors (Lipinski definition) is 6. The highest BCUT2D eigenvalue weighted by Gasteiger charge is 2.24. The lowest BCUT2D eigenvalue weighted by molar-refractivity contribution is 0.0393.